The van der Waals surface area contributed by atoms with Gasteiger partial charge in [-0.2, -0.15) is 0 Å². The molecular weight excluding hydrogens is 228 g/mol. The Balaban J connectivity index is 1.61. The van der Waals surface area contributed by atoms with Crippen molar-refractivity contribution >= 4 is 11.3 Å². The van der Waals surface area contributed by atoms with Gasteiger partial charge in [0.05, 0.1) is 5.51 Å². The maximum absolute atomic E-state index is 6.28. The summed E-state index contributed by atoms with van der Waals surface area (Å²) in [5.74, 6) is 1.33. The van der Waals surface area contributed by atoms with Crippen LogP contribution in [-0.2, 0) is 6.42 Å². The van der Waals surface area contributed by atoms with Crippen molar-refractivity contribution in [1.29, 1.82) is 0 Å². The van der Waals surface area contributed by atoms with Gasteiger partial charge in [0.1, 0.15) is 0 Å². The number of aromatic nitrogens is 1. The summed E-state index contributed by atoms with van der Waals surface area (Å²) in [5, 5.41) is 0. The molecule has 0 radical (unpaired) electrons. The Morgan fingerprint density at radius 2 is 2.18 bits per heavy atom. The van der Waals surface area contributed by atoms with Gasteiger partial charge in [0.25, 0.3) is 0 Å². The number of rotatable bonds is 4. The normalized spacial score (nSPS) is 24.5. The van der Waals surface area contributed by atoms with E-state index in [2.05, 4.69) is 35.3 Å². The molecule has 1 fully saturated rings. The van der Waals surface area contributed by atoms with Gasteiger partial charge in [-0.25, -0.2) is 0 Å². The molecule has 88 valence electrons. The molecule has 3 heteroatoms. The first kappa shape index (κ1) is 10.9. The first-order chi connectivity index (χ1) is 8.34. The van der Waals surface area contributed by atoms with E-state index in [0.29, 0.717) is 11.8 Å². The summed E-state index contributed by atoms with van der Waals surface area (Å²) in [6, 6.07) is 11.0. The van der Waals surface area contributed by atoms with Crippen LogP contribution in [-0.4, -0.2) is 11.0 Å². The second kappa shape index (κ2) is 4.59. The summed E-state index contributed by atoms with van der Waals surface area (Å²) in [7, 11) is 0. The fraction of sp³-hybridized carbons (Fsp3) is 0.357. The first-order valence-electron chi connectivity index (χ1n) is 6.02. The molecule has 2 N–H and O–H groups in total. The SMILES string of the molecule is NC(Cc1cncs1)C1CC1c1ccccc1. The molecule has 0 amide bonds. The second-order valence-electron chi connectivity index (χ2n) is 4.75. The van der Waals surface area contributed by atoms with Crippen molar-refractivity contribution in [2.75, 3.05) is 0 Å². The van der Waals surface area contributed by atoms with Gasteiger partial charge in [0.2, 0.25) is 0 Å². The standard InChI is InChI=1S/C14H16N2S/c15-14(6-11-8-16-9-17-11)13-7-12(13)10-4-2-1-3-5-10/h1-5,8-9,12-14H,6-7,15H2. The van der Waals surface area contributed by atoms with Gasteiger partial charge < -0.3 is 5.73 Å². The van der Waals surface area contributed by atoms with E-state index in [1.165, 1.54) is 16.9 Å². The average Bonchev–Trinajstić information content (AvgIpc) is 3.02. The predicted molar refractivity (Wildman–Crippen MR) is 71.1 cm³/mol. The van der Waals surface area contributed by atoms with Crippen LogP contribution in [0.3, 0.4) is 0 Å². The van der Waals surface area contributed by atoms with Crippen molar-refractivity contribution in [2.45, 2.75) is 24.8 Å². The molecule has 3 atom stereocenters. The van der Waals surface area contributed by atoms with E-state index in [4.69, 9.17) is 5.73 Å². The number of hydrogen-bond acceptors (Lipinski definition) is 3. The van der Waals surface area contributed by atoms with Crippen LogP contribution in [0.1, 0.15) is 22.8 Å². The van der Waals surface area contributed by atoms with Gasteiger partial charge >= 0.3 is 0 Å². The van der Waals surface area contributed by atoms with E-state index < -0.39 is 0 Å². The molecule has 0 saturated heterocycles. The van der Waals surface area contributed by atoms with Crippen LogP contribution >= 0.6 is 11.3 Å². The minimum Gasteiger partial charge on any atom is -0.327 e. The zero-order valence-corrected chi connectivity index (χ0v) is 10.4. The van der Waals surface area contributed by atoms with Gasteiger partial charge in [0, 0.05) is 17.1 Å². The molecule has 2 nitrogen and oxygen atoms in total. The summed E-state index contributed by atoms with van der Waals surface area (Å²) in [6.07, 6.45) is 4.15. The zero-order chi connectivity index (χ0) is 11.7. The highest BCUT2D eigenvalue weighted by atomic mass is 32.1. The van der Waals surface area contributed by atoms with Crippen molar-refractivity contribution in [2.24, 2.45) is 11.7 Å². The Morgan fingerprint density at radius 1 is 1.35 bits per heavy atom. The molecule has 3 unspecified atom stereocenters. The molecule has 2 aromatic rings. The van der Waals surface area contributed by atoms with E-state index in [1.807, 2.05) is 11.7 Å². The summed E-state index contributed by atoms with van der Waals surface area (Å²) < 4.78 is 0. The van der Waals surface area contributed by atoms with Crippen molar-refractivity contribution in [3.05, 3.63) is 52.5 Å². The maximum atomic E-state index is 6.28. The van der Waals surface area contributed by atoms with Gasteiger partial charge in [-0.15, -0.1) is 11.3 Å². The van der Waals surface area contributed by atoms with Gasteiger partial charge in [-0.1, -0.05) is 30.3 Å². The lowest BCUT2D eigenvalue weighted by molar-refractivity contribution is 0.581. The lowest BCUT2D eigenvalue weighted by Gasteiger charge is -2.09. The van der Waals surface area contributed by atoms with Crippen LogP contribution in [0.4, 0.5) is 0 Å². The summed E-state index contributed by atoms with van der Waals surface area (Å²) in [6.45, 7) is 0. The molecule has 1 heterocycles. The average molecular weight is 244 g/mol. The van der Waals surface area contributed by atoms with Crippen LogP contribution < -0.4 is 5.73 Å². The minimum atomic E-state index is 0.278. The monoisotopic (exact) mass is 244 g/mol. The Morgan fingerprint density at radius 3 is 2.88 bits per heavy atom. The van der Waals surface area contributed by atoms with E-state index in [0.717, 1.165) is 6.42 Å². The highest BCUT2D eigenvalue weighted by molar-refractivity contribution is 7.09. The maximum Gasteiger partial charge on any atom is 0.0794 e. The van der Waals surface area contributed by atoms with Gasteiger partial charge in [-0.3, -0.25) is 4.98 Å². The lowest BCUT2D eigenvalue weighted by atomic mass is 10.0. The quantitative estimate of drug-likeness (QED) is 0.898. The van der Waals surface area contributed by atoms with E-state index in [-0.39, 0.29) is 6.04 Å². The van der Waals surface area contributed by atoms with Crippen LogP contribution in [0.2, 0.25) is 0 Å². The van der Waals surface area contributed by atoms with E-state index in [9.17, 15) is 0 Å². The molecule has 1 aromatic carbocycles. The Bertz CT molecular complexity index is 466. The molecule has 1 aromatic heterocycles. The molecule has 3 rings (SSSR count). The molecule has 0 bridgehead atoms. The largest absolute Gasteiger partial charge is 0.327 e. The third-order valence-electron chi connectivity index (χ3n) is 3.54. The van der Waals surface area contributed by atoms with E-state index in [1.54, 1.807) is 11.3 Å². The Kier molecular flexibility index (Phi) is 2.95. The molecule has 0 spiro atoms. The van der Waals surface area contributed by atoms with Crippen LogP contribution in [0.15, 0.2) is 42.0 Å². The van der Waals surface area contributed by atoms with Crippen LogP contribution in [0.5, 0.6) is 0 Å². The lowest BCUT2D eigenvalue weighted by Crippen LogP contribution is -2.25. The molecule has 1 aliphatic carbocycles. The second-order valence-corrected chi connectivity index (χ2v) is 5.72. The van der Waals surface area contributed by atoms with Crippen molar-refractivity contribution in [3.63, 3.8) is 0 Å². The molecule has 1 saturated carbocycles. The molecule has 17 heavy (non-hydrogen) atoms. The third kappa shape index (κ3) is 2.40. The van der Waals surface area contributed by atoms with E-state index >= 15 is 0 Å². The van der Waals surface area contributed by atoms with Crippen LogP contribution in [0, 0.1) is 5.92 Å². The molecule has 1 aliphatic rings. The number of thiazole rings is 1. The number of nitrogens with zero attached hydrogens (tertiary/aromatic N) is 1. The topological polar surface area (TPSA) is 38.9 Å². The zero-order valence-electron chi connectivity index (χ0n) is 9.62. The number of nitrogens with two attached hydrogens (primary N) is 1. The summed E-state index contributed by atoms with van der Waals surface area (Å²) >= 11 is 1.70. The highest BCUT2D eigenvalue weighted by Gasteiger charge is 2.42. The van der Waals surface area contributed by atoms with Crippen molar-refractivity contribution in [3.8, 4) is 0 Å². The third-order valence-corrected chi connectivity index (χ3v) is 4.34. The fourth-order valence-corrected chi connectivity index (χ4v) is 3.17. The predicted octanol–water partition coefficient (Wildman–Crippen LogP) is 2.82. The fourth-order valence-electron chi connectivity index (χ4n) is 2.50. The minimum absolute atomic E-state index is 0.278. The van der Waals surface area contributed by atoms with Crippen molar-refractivity contribution < 1.29 is 0 Å². The smallest absolute Gasteiger partial charge is 0.0794 e. The molecular formula is C14H16N2S. The Labute approximate surface area is 106 Å². The number of hydrogen-bond donors (Lipinski definition) is 1. The summed E-state index contributed by atoms with van der Waals surface area (Å²) in [5.41, 5.74) is 9.60. The number of benzene rings is 1. The summed E-state index contributed by atoms with van der Waals surface area (Å²) in [4.78, 5) is 5.40. The Hall–Kier alpha value is -1.19. The first-order valence-corrected chi connectivity index (χ1v) is 6.90. The van der Waals surface area contributed by atoms with Crippen LogP contribution in [0.25, 0.3) is 0 Å². The highest BCUT2D eigenvalue weighted by Crippen LogP contribution is 2.49. The van der Waals surface area contributed by atoms with Gasteiger partial charge in [-0.05, 0) is 30.2 Å². The van der Waals surface area contributed by atoms with Crippen molar-refractivity contribution in [1.82, 2.24) is 4.98 Å². The molecule has 0 aliphatic heterocycles. The van der Waals surface area contributed by atoms with Gasteiger partial charge in [0.15, 0.2) is 0 Å².